The maximum absolute atomic E-state index is 12.4. The van der Waals surface area contributed by atoms with E-state index in [1.807, 2.05) is 18.7 Å². The molecule has 0 spiro atoms. The van der Waals surface area contributed by atoms with Crippen molar-refractivity contribution >= 4 is 33.4 Å². The van der Waals surface area contributed by atoms with E-state index in [2.05, 4.69) is 15.9 Å². The standard InChI is InChI=1S/C13H15BrClNO2/c1-8-6-16(7-9(2)18-8)13(17)10-3-11(14)5-12(15)4-10/h3-5,8-9H,6-7H2,1-2H3/t8-,9+. The third-order valence-electron chi connectivity index (χ3n) is 2.82. The van der Waals surface area contributed by atoms with Gasteiger partial charge in [0.05, 0.1) is 12.2 Å². The Morgan fingerprint density at radius 2 is 1.94 bits per heavy atom. The summed E-state index contributed by atoms with van der Waals surface area (Å²) in [7, 11) is 0. The van der Waals surface area contributed by atoms with Crippen LogP contribution in [0.5, 0.6) is 0 Å². The third-order valence-corrected chi connectivity index (χ3v) is 3.49. The normalized spacial score (nSPS) is 24.1. The summed E-state index contributed by atoms with van der Waals surface area (Å²) >= 11 is 9.31. The van der Waals surface area contributed by atoms with Crippen LogP contribution in [-0.4, -0.2) is 36.1 Å². The van der Waals surface area contributed by atoms with E-state index in [-0.39, 0.29) is 18.1 Å². The monoisotopic (exact) mass is 331 g/mol. The molecule has 1 aliphatic rings. The highest BCUT2D eigenvalue weighted by Crippen LogP contribution is 2.22. The molecule has 1 fully saturated rings. The van der Waals surface area contributed by atoms with Crippen LogP contribution in [0.2, 0.25) is 5.02 Å². The number of carbonyl (C=O) groups is 1. The summed E-state index contributed by atoms with van der Waals surface area (Å²) in [5, 5.41) is 0.557. The smallest absolute Gasteiger partial charge is 0.254 e. The lowest BCUT2D eigenvalue weighted by molar-refractivity contribution is -0.0586. The van der Waals surface area contributed by atoms with Crippen molar-refractivity contribution in [3.63, 3.8) is 0 Å². The van der Waals surface area contributed by atoms with Crippen LogP contribution in [0.4, 0.5) is 0 Å². The zero-order valence-corrected chi connectivity index (χ0v) is 12.7. The quantitative estimate of drug-likeness (QED) is 0.789. The van der Waals surface area contributed by atoms with Crippen LogP contribution in [0.15, 0.2) is 22.7 Å². The van der Waals surface area contributed by atoms with Gasteiger partial charge in [-0.2, -0.15) is 0 Å². The minimum atomic E-state index is 0.000185. The van der Waals surface area contributed by atoms with Crippen LogP contribution in [-0.2, 0) is 4.74 Å². The first-order chi connectivity index (χ1) is 8.45. The second-order valence-electron chi connectivity index (χ2n) is 4.63. The Bertz CT molecular complexity index is 436. The number of amides is 1. The van der Waals surface area contributed by atoms with Gasteiger partial charge in [0.15, 0.2) is 0 Å². The Morgan fingerprint density at radius 1 is 1.33 bits per heavy atom. The fourth-order valence-corrected chi connectivity index (χ4v) is 3.06. The highest BCUT2D eigenvalue weighted by Gasteiger charge is 2.26. The molecule has 0 bridgehead atoms. The first-order valence-corrected chi connectivity index (χ1v) is 7.03. The van der Waals surface area contributed by atoms with Gasteiger partial charge in [-0.05, 0) is 32.0 Å². The fraction of sp³-hybridized carbons (Fsp3) is 0.462. The Morgan fingerprint density at radius 3 is 2.50 bits per heavy atom. The van der Waals surface area contributed by atoms with E-state index < -0.39 is 0 Å². The van der Waals surface area contributed by atoms with Crippen LogP contribution >= 0.6 is 27.5 Å². The van der Waals surface area contributed by atoms with E-state index in [0.717, 1.165) is 4.47 Å². The van der Waals surface area contributed by atoms with Gasteiger partial charge in [0.25, 0.3) is 5.91 Å². The summed E-state index contributed by atoms with van der Waals surface area (Å²) in [4.78, 5) is 14.2. The molecule has 98 valence electrons. The highest BCUT2D eigenvalue weighted by atomic mass is 79.9. The molecule has 1 heterocycles. The molecule has 2 atom stereocenters. The number of ether oxygens (including phenoxy) is 1. The van der Waals surface area contributed by atoms with E-state index in [1.165, 1.54) is 0 Å². The Hall–Kier alpha value is -0.580. The van der Waals surface area contributed by atoms with Crippen LogP contribution < -0.4 is 0 Å². The number of rotatable bonds is 1. The minimum absolute atomic E-state index is 0.000185. The first kappa shape index (κ1) is 13.8. The molecule has 0 unspecified atom stereocenters. The van der Waals surface area contributed by atoms with Crippen molar-refractivity contribution in [2.45, 2.75) is 26.1 Å². The topological polar surface area (TPSA) is 29.5 Å². The number of hydrogen-bond acceptors (Lipinski definition) is 2. The largest absolute Gasteiger partial charge is 0.372 e. The highest BCUT2D eigenvalue weighted by molar-refractivity contribution is 9.10. The summed E-state index contributed by atoms with van der Waals surface area (Å²) in [6.07, 6.45) is 0.139. The zero-order chi connectivity index (χ0) is 13.3. The molecule has 1 aromatic carbocycles. The second kappa shape index (κ2) is 5.59. The third kappa shape index (κ3) is 3.25. The van der Waals surface area contributed by atoms with E-state index in [1.54, 1.807) is 18.2 Å². The molecular formula is C13H15BrClNO2. The van der Waals surface area contributed by atoms with Gasteiger partial charge in [-0.1, -0.05) is 27.5 Å². The summed E-state index contributed by atoms with van der Waals surface area (Å²) in [6, 6.07) is 5.25. The average Bonchev–Trinajstić information content (AvgIpc) is 2.25. The lowest BCUT2D eigenvalue weighted by Crippen LogP contribution is -2.48. The maximum atomic E-state index is 12.4. The number of benzene rings is 1. The number of hydrogen-bond donors (Lipinski definition) is 0. The second-order valence-corrected chi connectivity index (χ2v) is 5.98. The van der Waals surface area contributed by atoms with Gasteiger partial charge in [-0.3, -0.25) is 4.79 Å². The van der Waals surface area contributed by atoms with Gasteiger partial charge in [-0.25, -0.2) is 0 Å². The molecule has 1 aromatic rings. The molecule has 0 saturated carbocycles. The Labute approximate surface area is 120 Å². The van der Waals surface area contributed by atoms with Crippen molar-refractivity contribution in [1.29, 1.82) is 0 Å². The van der Waals surface area contributed by atoms with Crippen molar-refractivity contribution < 1.29 is 9.53 Å². The molecule has 0 aromatic heterocycles. The SMILES string of the molecule is C[C@@H]1CN(C(=O)c2cc(Cl)cc(Br)c2)C[C@H](C)O1. The van der Waals surface area contributed by atoms with E-state index in [0.29, 0.717) is 23.7 Å². The van der Waals surface area contributed by atoms with Gasteiger partial charge in [-0.15, -0.1) is 0 Å². The van der Waals surface area contributed by atoms with Gasteiger partial charge in [0.2, 0.25) is 0 Å². The van der Waals surface area contributed by atoms with Gasteiger partial charge in [0, 0.05) is 28.1 Å². The van der Waals surface area contributed by atoms with Gasteiger partial charge >= 0.3 is 0 Å². The molecule has 0 aliphatic carbocycles. The summed E-state index contributed by atoms with van der Waals surface area (Å²) < 4.78 is 6.43. The van der Waals surface area contributed by atoms with Gasteiger partial charge < -0.3 is 9.64 Å². The average molecular weight is 333 g/mol. The Balaban J connectivity index is 2.20. The molecule has 18 heavy (non-hydrogen) atoms. The van der Waals surface area contributed by atoms with Crippen LogP contribution in [0.3, 0.4) is 0 Å². The fourth-order valence-electron chi connectivity index (χ4n) is 2.20. The summed E-state index contributed by atoms with van der Waals surface area (Å²) in [5.74, 6) is 0.000185. The number of nitrogens with zero attached hydrogens (tertiary/aromatic N) is 1. The number of carbonyl (C=O) groups excluding carboxylic acids is 1. The molecular weight excluding hydrogens is 318 g/mol. The molecule has 1 amide bonds. The van der Waals surface area contributed by atoms with Crippen LogP contribution in [0.1, 0.15) is 24.2 Å². The molecule has 2 rings (SSSR count). The van der Waals surface area contributed by atoms with E-state index >= 15 is 0 Å². The van der Waals surface area contributed by atoms with Crippen LogP contribution in [0, 0.1) is 0 Å². The van der Waals surface area contributed by atoms with Crippen molar-refractivity contribution in [2.24, 2.45) is 0 Å². The van der Waals surface area contributed by atoms with E-state index in [9.17, 15) is 4.79 Å². The van der Waals surface area contributed by atoms with Crippen molar-refractivity contribution in [3.8, 4) is 0 Å². The van der Waals surface area contributed by atoms with Gasteiger partial charge in [0.1, 0.15) is 0 Å². The predicted octanol–water partition coefficient (Wildman–Crippen LogP) is 3.35. The lowest BCUT2D eigenvalue weighted by atomic mass is 10.1. The molecule has 3 nitrogen and oxygen atoms in total. The predicted molar refractivity (Wildman–Crippen MR) is 75.1 cm³/mol. The number of morpholine rings is 1. The zero-order valence-electron chi connectivity index (χ0n) is 10.3. The molecule has 0 N–H and O–H groups in total. The van der Waals surface area contributed by atoms with Crippen LogP contribution in [0.25, 0.3) is 0 Å². The maximum Gasteiger partial charge on any atom is 0.254 e. The Kier molecular flexibility index (Phi) is 4.30. The first-order valence-electron chi connectivity index (χ1n) is 5.86. The van der Waals surface area contributed by atoms with Crippen molar-refractivity contribution in [3.05, 3.63) is 33.3 Å². The van der Waals surface area contributed by atoms with Crippen molar-refractivity contribution in [2.75, 3.05) is 13.1 Å². The van der Waals surface area contributed by atoms with Crippen molar-refractivity contribution in [1.82, 2.24) is 4.90 Å². The molecule has 1 aliphatic heterocycles. The molecule has 5 heteroatoms. The number of halogens is 2. The summed E-state index contributed by atoms with van der Waals surface area (Å²) in [6.45, 7) is 5.19. The van der Waals surface area contributed by atoms with E-state index in [4.69, 9.17) is 16.3 Å². The summed E-state index contributed by atoms with van der Waals surface area (Å²) in [5.41, 5.74) is 0.607. The lowest BCUT2D eigenvalue weighted by Gasteiger charge is -2.35. The molecule has 0 radical (unpaired) electrons. The minimum Gasteiger partial charge on any atom is -0.372 e. The molecule has 1 saturated heterocycles.